The molecule has 1 aromatic heterocycles. The predicted molar refractivity (Wildman–Crippen MR) is 146 cm³/mol. The van der Waals surface area contributed by atoms with E-state index in [0.29, 0.717) is 18.9 Å². The van der Waals surface area contributed by atoms with Crippen molar-refractivity contribution in [2.24, 2.45) is 5.92 Å². The summed E-state index contributed by atoms with van der Waals surface area (Å²) in [4.78, 5) is 19.7. The van der Waals surface area contributed by atoms with Gasteiger partial charge < -0.3 is 24.4 Å². The van der Waals surface area contributed by atoms with Gasteiger partial charge in [0.1, 0.15) is 17.2 Å². The lowest BCUT2D eigenvalue weighted by Crippen LogP contribution is -2.33. The average molecular weight is 510 g/mol. The van der Waals surface area contributed by atoms with Crippen LogP contribution in [0.25, 0.3) is 0 Å². The second kappa shape index (κ2) is 12.7. The molecule has 7 heteroatoms. The molecule has 2 aromatic rings. The van der Waals surface area contributed by atoms with Gasteiger partial charge in [-0.05, 0) is 87.7 Å². The third-order valence-electron chi connectivity index (χ3n) is 7.47. The van der Waals surface area contributed by atoms with E-state index in [-0.39, 0.29) is 11.9 Å². The minimum atomic E-state index is -0.434. The summed E-state index contributed by atoms with van der Waals surface area (Å²) in [6.07, 6.45) is 6.00. The Kier molecular flexibility index (Phi) is 9.43. The number of aryl methyl sites for hydroxylation is 2. The first-order valence-corrected chi connectivity index (χ1v) is 13.6. The van der Waals surface area contributed by atoms with Crippen molar-refractivity contribution in [2.75, 3.05) is 52.3 Å². The molecule has 37 heavy (non-hydrogen) atoms. The fourth-order valence-corrected chi connectivity index (χ4v) is 5.59. The Labute approximate surface area is 221 Å². The number of hydrogen-bond donors (Lipinski definition) is 1. The van der Waals surface area contributed by atoms with Crippen molar-refractivity contribution < 1.29 is 19.0 Å². The molecular weight excluding hydrogens is 466 g/mol. The van der Waals surface area contributed by atoms with E-state index in [9.17, 15) is 4.79 Å². The zero-order chi connectivity index (χ0) is 26.3. The van der Waals surface area contributed by atoms with Crippen LogP contribution in [0.2, 0.25) is 0 Å². The van der Waals surface area contributed by atoms with Crippen LogP contribution in [0.4, 0.5) is 5.82 Å². The number of rotatable bonds is 12. The van der Waals surface area contributed by atoms with Crippen LogP contribution in [0.1, 0.15) is 62.3 Å². The molecule has 1 aromatic carbocycles. The van der Waals surface area contributed by atoms with Gasteiger partial charge in [-0.25, -0.2) is 4.98 Å². The van der Waals surface area contributed by atoms with Crippen LogP contribution in [0.15, 0.2) is 36.4 Å². The summed E-state index contributed by atoms with van der Waals surface area (Å²) in [5, 5.41) is 3.45. The standard InChI is InChI=1S/C30H43N3O4/c1-30(2,21-35-3)37-27-9-5-7-24(17-27)25(18-28(34)36-4)20-33-16-14-22(19-33)10-12-26-13-11-23-8-6-15-31-29(23)32-26/h5,7,9,11,13,17,22,25H,6,8,10,12,14-16,18-21H2,1-4H3,(H,31,32)/t22-,25-/m1/s1. The lowest BCUT2D eigenvalue weighted by molar-refractivity contribution is -0.141. The molecule has 202 valence electrons. The summed E-state index contributed by atoms with van der Waals surface area (Å²) in [5.41, 5.74) is 3.19. The van der Waals surface area contributed by atoms with E-state index < -0.39 is 5.60 Å². The van der Waals surface area contributed by atoms with Crippen LogP contribution in [0.5, 0.6) is 5.75 Å². The smallest absolute Gasteiger partial charge is 0.306 e. The van der Waals surface area contributed by atoms with Crippen LogP contribution in [0.3, 0.4) is 0 Å². The van der Waals surface area contributed by atoms with Crippen LogP contribution in [0, 0.1) is 5.92 Å². The van der Waals surface area contributed by atoms with Crippen molar-refractivity contribution in [1.82, 2.24) is 9.88 Å². The number of nitrogens with zero attached hydrogens (tertiary/aromatic N) is 2. The van der Waals surface area contributed by atoms with Crippen LogP contribution < -0.4 is 10.1 Å². The van der Waals surface area contributed by atoms with E-state index in [1.807, 2.05) is 26.0 Å². The molecule has 0 spiro atoms. The lowest BCUT2D eigenvalue weighted by Gasteiger charge is -2.27. The number of carbonyl (C=O) groups is 1. The van der Waals surface area contributed by atoms with Gasteiger partial charge in [0, 0.05) is 38.4 Å². The molecule has 2 aliphatic rings. The van der Waals surface area contributed by atoms with E-state index in [4.69, 9.17) is 19.2 Å². The average Bonchev–Trinajstić information content (AvgIpc) is 3.34. The normalized spacial score (nSPS) is 18.6. The van der Waals surface area contributed by atoms with Gasteiger partial charge in [0.15, 0.2) is 0 Å². The number of benzene rings is 1. The Hall–Kier alpha value is -2.64. The van der Waals surface area contributed by atoms with E-state index in [1.54, 1.807) is 7.11 Å². The molecule has 0 bridgehead atoms. The Bertz CT molecular complexity index is 1040. The molecular formula is C30H43N3O4. The van der Waals surface area contributed by atoms with Crippen molar-refractivity contribution in [3.63, 3.8) is 0 Å². The third-order valence-corrected chi connectivity index (χ3v) is 7.47. The van der Waals surface area contributed by atoms with E-state index in [2.05, 4.69) is 34.5 Å². The number of likely N-dealkylation sites (tertiary alicyclic amines) is 1. The highest BCUT2D eigenvalue weighted by molar-refractivity contribution is 5.70. The van der Waals surface area contributed by atoms with Crippen molar-refractivity contribution in [3.05, 3.63) is 53.2 Å². The monoisotopic (exact) mass is 509 g/mol. The maximum Gasteiger partial charge on any atom is 0.306 e. The first kappa shape index (κ1) is 27.4. The van der Waals surface area contributed by atoms with Gasteiger partial charge in [-0.15, -0.1) is 0 Å². The largest absolute Gasteiger partial charge is 0.485 e. The second-order valence-corrected chi connectivity index (χ2v) is 11.1. The maximum absolute atomic E-state index is 12.3. The first-order valence-electron chi connectivity index (χ1n) is 13.6. The Balaban J connectivity index is 1.35. The summed E-state index contributed by atoms with van der Waals surface area (Å²) in [6.45, 7) is 8.47. The molecule has 2 aliphatic heterocycles. The quantitative estimate of drug-likeness (QED) is 0.410. The number of pyridine rings is 1. The second-order valence-electron chi connectivity index (χ2n) is 11.1. The highest BCUT2D eigenvalue weighted by atomic mass is 16.5. The van der Waals surface area contributed by atoms with Crippen molar-refractivity contribution in [3.8, 4) is 5.75 Å². The number of hydrogen-bond acceptors (Lipinski definition) is 7. The number of fused-ring (bicyclic) bond motifs is 1. The lowest BCUT2D eigenvalue weighted by atomic mass is 9.94. The highest BCUT2D eigenvalue weighted by Gasteiger charge is 2.27. The minimum absolute atomic E-state index is 0.0497. The highest BCUT2D eigenvalue weighted by Crippen LogP contribution is 2.30. The molecule has 1 N–H and O–H groups in total. The van der Waals surface area contributed by atoms with Gasteiger partial charge in [0.25, 0.3) is 0 Å². The molecule has 0 unspecified atom stereocenters. The Morgan fingerprint density at radius 2 is 2.11 bits per heavy atom. The van der Waals surface area contributed by atoms with Crippen molar-refractivity contribution in [1.29, 1.82) is 0 Å². The fraction of sp³-hybridized carbons (Fsp3) is 0.600. The summed E-state index contributed by atoms with van der Waals surface area (Å²) in [6, 6.07) is 12.6. The SMILES string of the molecule is COCC(C)(C)Oc1cccc([C@H](CC(=O)OC)CN2CC[C@@H](CCc3ccc4c(n3)NCCC4)C2)c1. The molecule has 1 saturated heterocycles. The summed E-state index contributed by atoms with van der Waals surface area (Å²) in [7, 11) is 3.14. The van der Waals surface area contributed by atoms with Crippen LogP contribution in [-0.4, -0.2) is 68.5 Å². The summed E-state index contributed by atoms with van der Waals surface area (Å²) >= 11 is 0. The molecule has 4 rings (SSSR count). The fourth-order valence-electron chi connectivity index (χ4n) is 5.59. The molecule has 2 atom stereocenters. The van der Waals surface area contributed by atoms with Crippen molar-refractivity contribution >= 4 is 11.8 Å². The van der Waals surface area contributed by atoms with Gasteiger partial charge in [0.05, 0.1) is 20.1 Å². The number of anilines is 1. The van der Waals surface area contributed by atoms with Gasteiger partial charge >= 0.3 is 5.97 Å². The van der Waals surface area contributed by atoms with Gasteiger partial charge in [-0.2, -0.15) is 0 Å². The zero-order valence-corrected chi connectivity index (χ0v) is 22.9. The van der Waals surface area contributed by atoms with E-state index in [0.717, 1.165) is 62.6 Å². The van der Waals surface area contributed by atoms with Crippen molar-refractivity contribution in [2.45, 2.75) is 63.9 Å². The van der Waals surface area contributed by atoms with E-state index >= 15 is 0 Å². The van der Waals surface area contributed by atoms with Gasteiger partial charge in [0.2, 0.25) is 0 Å². The van der Waals surface area contributed by atoms with Gasteiger partial charge in [-0.3, -0.25) is 4.79 Å². The van der Waals surface area contributed by atoms with Crippen LogP contribution >= 0.6 is 0 Å². The number of esters is 1. The molecule has 0 amide bonds. The number of nitrogens with one attached hydrogen (secondary N) is 1. The summed E-state index contributed by atoms with van der Waals surface area (Å²) < 4.78 is 16.5. The predicted octanol–water partition coefficient (Wildman–Crippen LogP) is 4.84. The maximum atomic E-state index is 12.3. The number of ether oxygens (including phenoxy) is 3. The third kappa shape index (κ3) is 7.92. The first-order chi connectivity index (χ1) is 17.8. The number of methoxy groups -OCH3 is 2. The minimum Gasteiger partial charge on any atom is -0.485 e. The molecule has 7 nitrogen and oxygen atoms in total. The molecule has 3 heterocycles. The topological polar surface area (TPSA) is 72.9 Å². The molecule has 0 aliphatic carbocycles. The van der Waals surface area contributed by atoms with E-state index in [1.165, 1.54) is 31.2 Å². The Morgan fingerprint density at radius 1 is 1.24 bits per heavy atom. The molecule has 1 fully saturated rings. The number of carbonyl (C=O) groups excluding carboxylic acids is 1. The zero-order valence-electron chi connectivity index (χ0n) is 22.9. The number of aromatic nitrogens is 1. The van der Waals surface area contributed by atoms with Crippen LogP contribution in [-0.2, 0) is 27.1 Å². The van der Waals surface area contributed by atoms with Gasteiger partial charge in [-0.1, -0.05) is 18.2 Å². The molecule has 0 radical (unpaired) electrons. The summed E-state index contributed by atoms with van der Waals surface area (Å²) in [5.74, 6) is 2.39. The Morgan fingerprint density at radius 3 is 2.92 bits per heavy atom. The molecule has 0 saturated carbocycles.